The standard InChI is InChI=1S/C14H30NOPS2/c1-11(10-15-13(16)14(3,4)5)9-12(2)18-19-17(6,7)8/h11-12H,9-10H2,1-8H3/p+1. The first-order valence-electron chi connectivity index (χ1n) is 6.86. The number of nitrogens with one attached hydrogen (secondary N) is 1. The van der Waals surface area contributed by atoms with Gasteiger partial charge in [0.25, 0.3) is 0 Å². The van der Waals surface area contributed by atoms with Crippen molar-refractivity contribution in [2.24, 2.45) is 11.3 Å². The first-order valence-corrected chi connectivity index (χ1v) is 12.8. The normalized spacial score (nSPS) is 16.0. The Morgan fingerprint density at radius 2 is 1.74 bits per heavy atom. The van der Waals surface area contributed by atoms with Crippen LogP contribution in [0.25, 0.3) is 0 Å². The van der Waals surface area contributed by atoms with Crippen molar-refractivity contribution >= 4 is 33.6 Å². The van der Waals surface area contributed by atoms with Crippen molar-refractivity contribution in [2.75, 3.05) is 26.5 Å². The summed E-state index contributed by atoms with van der Waals surface area (Å²) < 4.78 is 0. The Bertz CT molecular complexity index is 284. The van der Waals surface area contributed by atoms with Gasteiger partial charge in [-0.3, -0.25) is 4.79 Å². The van der Waals surface area contributed by atoms with Crippen LogP contribution in [0.4, 0.5) is 0 Å². The quantitative estimate of drug-likeness (QED) is 0.540. The Morgan fingerprint density at radius 3 is 2.16 bits per heavy atom. The molecule has 2 unspecified atom stereocenters. The average Bonchev–Trinajstić information content (AvgIpc) is 2.20. The van der Waals surface area contributed by atoms with E-state index in [0.29, 0.717) is 11.2 Å². The molecule has 0 aromatic heterocycles. The van der Waals surface area contributed by atoms with E-state index in [1.54, 1.807) is 0 Å². The van der Waals surface area contributed by atoms with Crippen molar-refractivity contribution in [3.05, 3.63) is 0 Å². The van der Waals surface area contributed by atoms with E-state index in [9.17, 15) is 4.79 Å². The van der Waals surface area contributed by atoms with E-state index in [4.69, 9.17) is 0 Å². The van der Waals surface area contributed by atoms with Crippen molar-refractivity contribution in [1.82, 2.24) is 5.32 Å². The molecule has 0 aliphatic heterocycles. The highest BCUT2D eigenvalue weighted by atomic mass is 33.3. The molecule has 0 radical (unpaired) electrons. The van der Waals surface area contributed by atoms with E-state index in [2.05, 4.69) is 49.6 Å². The molecule has 0 heterocycles. The molecule has 2 atom stereocenters. The Labute approximate surface area is 128 Å². The maximum atomic E-state index is 11.8. The van der Waals surface area contributed by atoms with Gasteiger partial charge in [-0.05, 0) is 23.1 Å². The number of amides is 1. The molecule has 0 aromatic carbocycles. The first kappa shape index (κ1) is 19.6. The topological polar surface area (TPSA) is 29.1 Å². The third kappa shape index (κ3) is 11.0. The van der Waals surface area contributed by atoms with Gasteiger partial charge in [-0.15, -0.1) is 0 Å². The average molecular weight is 325 g/mol. The zero-order valence-corrected chi connectivity index (χ0v) is 16.3. The molecular weight excluding hydrogens is 293 g/mol. The molecule has 0 bridgehead atoms. The van der Waals surface area contributed by atoms with E-state index < -0.39 is 6.46 Å². The van der Waals surface area contributed by atoms with Crippen LogP contribution >= 0.6 is 27.7 Å². The van der Waals surface area contributed by atoms with Crippen molar-refractivity contribution in [3.63, 3.8) is 0 Å². The summed E-state index contributed by atoms with van der Waals surface area (Å²) in [7, 11) is 4.06. The molecule has 0 aliphatic carbocycles. The molecule has 19 heavy (non-hydrogen) atoms. The van der Waals surface area contributed by atoms with Crippen molar-refractivity contribution in [2.45, 2.75) is 46.3 Å². The summed E-state index contributed by atoms with van der Waals surface area (Å²) in [6.45, 7) is 17.5. The minimum Gasteiger partial charge on any atom is -0.355 e. The van der Waals surface area contributed by atoms with Gasteiger partial charge in [-0.25, -0.2) is 0 Å². The third-order valence-corrected chi connectivity index (χ3v) is 10.9. The number of carbonyl (C=O) groups is 1. The summed E-state index contributed by atoms with van der Waals surface area (Å²) in [5.74, 6) is 0.683. The highest BCUT2D eigenvalue weighted by Gasteiger charge is 2.23. The fraction of sp³-hybridized carbons (Fsp3) is 0.929. The predicted octanol–water partition coefficient (Wildman–Crippen LogP) is 4.77. The molecule has 0 rings (SSSR count). The van der Waals surface area contributed by atoms with Crippen LogP contribution in [-0.2, 0) is 4.79 Å². The minimum atomic E-state index is -0.756. The number of hydrogen-bond donors (Lipinski definition) is 1. The molecule has 0 spiro atoms. The summed E-state index contributed by atoms with van der Waals surface area (Å²) >= 11 is 0. The highest BCUT2D eigenvalue weighted by Crippen LogP contribution is 2.66. The fourth-order valence-corrected chi connectivity index (χ4v) is 7.33. The van der Waals surface area contributed by atoms with Crippen LogP contribution in [0.5, 0.6) is 0 Å². The van der Waals surface area contributed by atoms with Crippen LogP contribution in [0.2, 0.25) is 0 Å². The van der Waals surface area contributed by atoms with Crippen LogP contribution in [0.15, 0.2) is 0 Å². The second-order valence-electron chi connectivity index (χ2n) is 7.17. The lowest BCUT2D eigenvalue weighted by molar-refractivity contribution is -0.128. The van der Waals surface area contributed by atoms with Gasteiger partial charge < -0.3 is 5.32 Å². The zero-order chi connectivity index (χ0) is 15.3. The SMILES string of the molecule is CC(CNC(=O)C(C)(C)C)CC(C)SS[P+](C)(C)C. The van der Waals surface area contributed by atoms with E-state index >= 15 is 0 Å². The summed E-state index contributed by atoms with van der Waals surface area (Å²) in [6.07, 6.45) is 1.15. The summed E-state index contributed by atoms with van der Waals surface area (Å²) in [6, 6.07) is 0. The van der Waals surface area contributed by atoms with Gasteiger partial charge >= 0.3 is 0 Å². The lowest BCUT2D eigenvalue weighted by Crippen LogP contribution is -2.37. The lowest BCUT2D eigenvalue weighted by Gasteiger charge is -2.21. The second-order valence-corrected chi connectivity index (χ2v) is 17.7. The van der Waals surface area contributed by atoms with Crippen LogP contribution in [0.1, 0.15) is 41.0 Å². The highest BCUT2D eigenvalue weighted by molar-refractivity contribution is 9.01. The maximum absolute atomic E-state index is 11.8. The van der Waals surface area contributed by atoms with Gasteiger partial charge in [0, 0.05) is 17.2 Å². The zero-order valence-electron chi connectivity index (χ0n) is 13.7. The molecule has 1 N–H and O–H groups in total. The molecule has 2 nitrogen and oxygen atoms in total. The Balaban J connectivity index is 3.92. The van der Waals surface area contributed by atoms with Gasteiger partial charge in [0.1, 0.15) is 0 Å². The summed E-state index contributed by atoms with van der Waals surface area (Å²) in [4.78, 5) is 11.8. The van der Waals surface area contributed by atoms with Crippen molar-refractivity contribution in [1.29, 1.82) is 0 Å². The first-order chi connectivity index (χ1) is 8.42. The van der Waals surface area contributed by atoms with E-state index in [0.717, 1.165) is 13.0 Å². The number of hydrogen-bond acceptors (Lipinski definition) is 3. The molecule has 114 valence electrons. The van der Waals surface area contributed by atoms with Gasteiger partial charge in [-0.2, -0.15) is 0 Å². The molecule has 5 heteroatoms. The van der Waals surface area contributed by atoms with Gasteiger partial charge in [0.05, 0.1) is 36.9 Å². The number of carbonyl (C=O) groups excluding carboxylic acids is 1. The summed E-state index contributed by atoms with van der Waals surface area (Å²) in [5, 5.41) is 3.70. The molecule has 0 aromatic rings. The lowest BCUT2D eigenvalue weighted by atomic mass is 9.95. The van der Waals surface area contributed by atoms with Gasteiger partial charge in [0.15, 0.2) is 0 Å². The second kappa shape index (κ2) is 8.14. The van der Waals surface area contributed by atoms with Crippen LogP contribution in [0, 0.1) is 11.3 Å². The molecule has 0 aliphatic rings. The minimum absolute atomic E-state index is 0.148. The Hall–Kier alpha value is 0.600. The van der Waals surface area contributed by atoms with Crippen molar-refractivity contribution < 1.29 is 4.79 Å². The molecule has 1 amide bonds. The van der Waals surface area contributed by atoms with E-state index in [1.165, 1.54) is 0 Å². The largest absolute Gasteiger partial charge is 0.355 e. The van der Waals surface area contributed by atoms with E-state index in [-0.39, 0.29) is 11.3 Å². The van der Waals surface area contributed by atoms with Gasteiger partial charge in [-0.1, -0.05) is 34.6 Å². The monoisotopic (exact) mass is 324 g/mol. The van der Waals surface area contributed by atoms with Crippen LogP contribution < -0.4 is 5.32 Å². The van der Waals surface area contributed by atoms with Crippen molar-refractivity contribution in [3.8, 4) is 0 Å². The van der Waals surface area contributed by atoms with Gasteiger partial charge in [0.2, 0.25) is 5.91 Å². The summed E-state index contributed by atoms with van der Waals surface area (Å²) in [5.41, 5.74) is -0.285. The van der Waals surface area contributed by atoms with E-state index in [1.807, 2.05) is 31.6 Å². The molecule has 0 saturated carbocycles. The number of rotatable bonds is 7. The van der Waals surface area contributed by atoms with Crippen LogP contribution in [-0.4, -0.2) is 37.7 Å². The van der Waals surface area contributed by atoms with Crippen LogP contribution in [0.3, 0.4) is 0 Å². The maximum Gasteiger partial charge on any atom is 0.225 e. The molecular formula is C14H31NOPS2+. The Kier molecular flexibility index (Phi) is 8.40. The Morgan fingerprint density at radius 1 is 1.21 bits per heavy atom. The fourth-order valence-electron chi connectivity index (χ4n) is 1.42. The molecule has 0 saturated heterocycles. The third-order valence-electron chi connectivity index (χ3n) is 2.46. The molecule has 0 fully saturated rings. The predicted molar refractivity (Wildman–Crippen MR) is 95.6 cm³/mol. The smallest absolute Gasteiger partial charge is 0.225 e.